The maximum atomic E-state index is 12.7. The monoisotopic (exact) mass is 438 g/mol. The van der Waals surface area contributed by atoms with Gasteiger partial charge >= 0.3 is 0 Å². The number of sulfonamides is 1. The molecule has 0 spiro atoms. The Balaban J connectivity index is 1.32. The van der Waals surface area contributed by atoms with E-state index in [4.69, 9.17) is 0 Å². The van der Waals surface area contributed by atoms with E-state index < -0.39 is 10.0 Å². The average Bonchev–Trinajstić information content (AvgIpc) is 3.21. The minimum atomic E-state index is -3.51. The molecule has 0 bridgehead atoms. The summed E-state index contributed by atoms with van der Waals surface area (Å²) in [6.45, 7) is 3.34. The van der Waals surface area contributed by atoms with E-state index in [9.17, 15) is 13.2 Å². The summed E-state index contributed by atoms with van der Waals surface area (Å²) in [4.78, 5) is 13.0. The summed E-state index contributed by atoms with van der Waals surface area (Å²) in [6, 6.07) is 18.4. The summed E-state index contributed by atoms with van der Waals surface area (Å²) in [5.74, 6) is 0.165. The molecule has 8 heteroatoms. The van der Waals surface area contributed by atoms with Crippen molar-refractivity contribution in [1.82, 2.24) is 14.1 Å². The fourth-order valence-electron chi connectivity index (χ4n) is 3.84. The third kappa shape index (κ3) is 5.03. The first-order chi connectivity index (χ1) is 14.9. The van der Waals surface area contributed by atoms with Crippen molar-refractivity contribution >= 4 is 21.7 Å². The predicted molar refractivity (Wildman–Crippen MR) is 119 cm³/mol. The zero-order valence-electron chi connectivity index (χ0n) is 17.4. The first kappa shape index (κ1) is 21.3. The fraction of sp³-hybridized carbons (Fsp3) is 0.304. The van der Waals surface area contributed by atoms with Gasteiger partial charge in [0.2, 0.25) is 15.9 Å². The van der Waals surface area contributed by atoms with E-state index in [0.29, 0.717) is 38.3 Å². The quantitative estimate of drug-likeness (QED) is 0.640. The van der Waals surface area contributed by atoms with Crippen LogP contribution < -0.4 is 5.32 Å². The Hall–Kier alpha value is -2.97. The molecule has 1 aliphatic rings. The van der Waals surface area contributed by atoms with Gasteiger partial charge in [0.05, 0.1) is 11.4 Å². The highest BCUT2D eigenvalue weighted by Gasteiger charge is 2.32. The van der Waals surface area contributed by atoms with Gasteiger partial charge in [-0.15, -0.1) is 0 Å². The zero-order chi connectivity index (χ0) is 21.8. The summed E-state index contributed by atoms with van der Waals surface area (Å²) in [6.07, 6.45) is 2.82. The fourth-order valence-corrected chi connectivity index (χ4v) is 5.33. The largest absolute Gasteiger partial charge is 0.309 e. The third-order valence-corrected chi connectivity index (χ3v) is 7.44. The number of hydrogen-bond donors (Lipinski definition) is 1. The van der Waals surface area contributed by atoms with Crippen molar-refractivity contribution in [3.05, 3.63) is 78.0 Å². The Morgan fingerprint density at radius 2 is 1.81 bits per heavy atom. The van der Waals surface area contributed by atoms with Crippen LogP contribution in [0, 0.1) is 12.8 Å². The van der Waals surface area contributed by atoms with E-state index in [-0.39, 0.29) is 16.7 Å². The van der Waals surface area contributed by atoms with Crippen LogP contribution in [0.4, 0.5) is 5.82 Å². The van der Waals surface area contributed by atoms with Gasteiger partial charge in [-0.25, -0.2) is 8.42 Å². The summed E-state index contributed by atoms with van der Waals surface area (Å²) in [5.41, 5.74) is 2.34. The number of aryl methyl sites for hydroxylation is 1. The van der Waals surface area contributed by atoms with Gasteiger partial charge in [-0.3, -0.25) is 9.48 Å². The van der Waals surface area contributed by atoms with E-state index in [1.54, 1.807) is 41.1 Å². The molecule has 31 heavy (non-hydrogen) atoms. The van der Waals surface area contributed by atoms with Crippen LogP contribution in [0.3, 0.4) is 0 Å². The Morgan fingerprint density at radius 3 is 2.52 bits per heavy atom. The Bertz CT molecular complexity index is 1150. The Morgan fingerprint density at radius 1 is 1.06 bits per heavy atom. The van der Waals surface area contributed by atoms with E-state index in [2.05, 4.69) is 29.5 Å². The van der Waals surface area contributed by atoms with Gasteiger partial charge in [0.1, 0.15) is 0 Å². The molecular formula is C23H26N4O3S. The molecule has 4 rings (SSSR count). The zero-order valence-corrected chi connectivity index (χ0v) is 18.3. The topological polar surface area (TPSA) is 84.3 Å². The molecule has 1 amide bonds. The maximum Gasteiger partial charge on any atom is 0.243 e. The maximum absolute atomic E-state index is 12.7. The number of nitrogens with one attached hydrogen (secondary N) is 1. The smallest absolute Gasteiger partial charge is 0.243 e. The molecule has 0 aliphatic carbocycles. The number of nitrogens with zero attached hydrogens (tertiary/aromatic N) is 3. The van der Waals surface area contributed by atoms with Crippen LogP contribution in [0.15, 0.2) is 71.8 Å². The SMILES string of the molecule is Cc1cccc(Cn2ccc(NC(=O)C3CCN(S(=O)(=O)c4ccccc4)CC3)n2)c1. The van der Waals surface area contributed by atoms with Gasteiger partial charge in [-0.2, -0.15) is 9.40 Å². The second kappa shape index (κ2) is 9.03. The van der Waals surface area contributed by atoms with Crippen molar-refractivity contribution in [1.29, 1.82) is 0 Å². The van der Waals surface area contributed by atoms with Crippen molar-refractivity contribution in [3.63, 3.8) is 0 Å². The highest BCUT2D eigenvalue weighted by molar-refractivity contribution is 7.89. The van der Waals surface area contributed by atoms with E-state index in [1.165, 1.54) is 9.87 Å². The van der Waals surface area contributed by atoms with Crippen LogP contribution in [0.1, 0.15) is 24.0 Å². The second-order valence-electron chi connectivity index (χ2n) is 7.87. The van der Waals surface area contributed by atoms with Crippen LogP contribution in [0.25, 0.3) is 0 Å². The summed E-state index contributed by atoms with van der Waals surface area (Å²) in [5, 5.41) is 7.32. The van der Waals surface area contributed by atoms with Gasteiger partial charge in [-0.1, -0.05) is 48.0 Å². The lowest BCUT2D eigenvalue weighted by molar-refractivity contribution is -0.120. The molecule has 1 fully saturated rings. The van der Waals surface area contributed by atoms with E-state index in [1.807, 2.05) is 18.3 Å². The van der Waals surface area contributed by atoms with Crippen molar-refractivity contribution in [2.24, 2.45) is 5.92 Å². The van der Waals surface area contributed by atoms with Crippen LogP contribution >= 0.6 is 0 Å². The van der Waals surface area contributed by atoms with Gasteiger partial charge in [0.15, 0.2) is 5.82 Å². The first-order valence-electron chi connectivity index (χ1n) is 10.4. The van der Waals surface area contributed by atoms with Gasteiger partial charge < -0.3 is 5.32 Å². The number of rotatable bonds is 6. The normalized spacial score (nSPS) is 15.6. The molecule has 7 nitrogen and oxygen atoms in total. The standard InChI is InChI=1S/C23H26N4O3S/c1-18-6-5-7-19(16-18)17-26-13-12-22(25-26)24-23(28)20-10-14-27(15-11-20)31(29,30)21-8-3-2-4-9-21/h2-9,12-13,16,20H,10-11,14-15,17H2,1H3,(H,24,25,28). The molecule has 0 radical (unpaired) electrons. The molecule has 2 aromatic carbocycles. The number of carbonyl (C=O) groups is 1. The lowest BCUT2D eigenvalue weighted by Gasteiger charge is -2.30. The van der Waals surface area contributed by atoms with Crippen molar-refractivity contribution in [2.75, 3.05) is 18.4 Å². The van der Waals surface area contributed by atoms with Gasteiger partial charge in [0.25, 0.3) is 0 Å². The van der Waals surface area contributed by atoms with Gasteiger partial charge in [0, 0.05) is 31.3 Å². The summed E-state index contributed by atoms with van der Waals surface area (Å²) >= 11 is 0. The van der Waals surface area contributed by atoms with Crippen LogP contribution in [0.2, 0.25) is 0 Å². The van der Waals surface area contributed by atoms with Crippen LogP contribution in [0.5, 0.6) is 0 Å². The highest BCUT2D eigenvalue weighted by Crippen LogP contribution is 2.24. The molecule has 0 unspecified atom stereocenters. The number of amides is 1. The Labute approximate surface area is 182 Å². The minimum Gasteiger partial charge on any atom is -0.309 e. The first-order valence-corrected chi connectivity index (χ1v) is 11.8. The molecule has 0 atom stereocenters. The summed E-state index contributed by atoms with van der Waals surface area (Å²) in [7, 11) is -3.51. The molecular weight excluding hydrogens is 412 g/mol. The number of piperidine rings is 1. The molecule has 1 aliphatic heterocycles. The van der Waals surface area contributed by atoms with Crippen molar-refractivity contribution in [2.45, 2.75) is 31.2 Å². The minimum absolute atomic E-state index is 0.113. The molecule has 1 N–H and O–H groups in total. The van der Waals surface area contributed by atoms with Crippen LogP contribution in [-0.2, 0) is 21.4 Å². The number of hydrogen-bond acceptors (Lipinski definition) is 4. The second-order valence-corrected chi connectivity index (χ2v) is 9.81. The molecule has 1 saturated heterocycles. The van der Waals surface area contributed by atoms with E-state index in [0.717, 1.165) is 5.56 Å². The lowest BCUT2D eigenvalue weighted by Crippen LogP contribution is -2.41. The predicted octanol–water partition coefficient (Wildman–Crippen LogP) is 3.28. The van der Waals surface area contributed by atoms with Crippen molar-refractivity contribution in [3.8, 4) is 0 Å². The van der Waals surface area contributed by atoms with E-state index >= 15 is 0 Å². The molecule has 162 valence electrons. The van der Waals surface area contributed by atoms with Gasteiger partial charge in [-0.05, 0) is 37.5 Å². The van der Waals surface area contributed by atoms with Crippen LogP contribution in [-0.4, -0.2) is 41.5 Å². The summed E-state index contributed by atoms with van der Waals surface area (Å²) < 4.78 is 28.7. The number of anilines is 1. The highest BCUT2D eigenvalue weighted by atomic mass is 32.2. The lowest BCUT2D eigenvalue weighted by atomic mass is 9.97. The Kier molecular flexibility index (Phi) is 6.20. The average molecular weight is 439 g/mol. The number of aromatic nitrogens is 2. The van der Waals surface area contributed by atoms with Crippen molar-refractivity contribution < 1.29 is 13.2 Å². The molecule has 1 aromatic heterocycles. The number of benzene rings is 2. The molecule has 0 saturated carbocycles. The molecule has 2 heterocycles. The number of carbonyl (C=O) groups excluding carboxylic acids is 1. The third-order valence-electron chi connectivity index (χ3n) is 5.52. The molecule has 3 aromatic rings.